The summed E-state index contributed by atoms with van der Waals surface area (Å²) in [5.41, 5.74) is 4.75. The maximum atomic E-state index is 4.81. The predicted octanol–water partition coefficient (Wildman–Crippen LogP) is 2.77. The molecule has 2 N–H and O–H groups in total. The van der Waals surface area contributed by atoms with Crippen molar-refractivity contribution in [3.63, 3.8) is 0 Å². The average Bonchev–Trinajstić information content (AvgIpc) is 2.97. The van der Waals surface area contributed by atoms with Crippen molar-refractivity contribution in [2.45, 2.75) is 26.2 Å². The number of rotatable bonds is 2. The smallest absolute Gasteiger partial charge is 0.111 e. The van der Waals surface area contributed by atoms with Gasteiger partial charge in [0.05, 0.1) is 5.69 Å². The minimum atomic E-state index is 0.544. The van der Waals surface area contributed by atoms with Gasteiger partial charge in [-0.15, -0.1) is 0 Å². The van der Waals surface area contributed by atoms with Crippen molar-refractivity contribution >= 4 is 0 Å². The molecule has 0 radical (unpaired) electrons. The van der Waals surface area contributed by atoms with E-state index in [2.05, 4.69) is 48.4 Å². The topological polar surface area (TPSA) is 40.7 Å². The third kappa shape index (κ3) is 2.06. The van der Waals surface area contributed by atoms with E-state index in [0.717, 1.165) is 24.6 Å². The van der Waals surface area contributed by atoms with E-state index in [4.69, 9.17) is 4.98 Å². The quantitative estimate of drug-likeness (QED) is 0.848. The minimum Gasteiger partial charge on any atom is -0.345 e. The van der Waals surface area contributed by atoms with Gasteiger partial charge >= 0.3 is 0 Å². The fraction of sp³-hybridized carbons (Fsp3) is 0.400. The number of benzene rings is 1. The zero-order chi connectivity index (χ0) is 12.5. The average molecular weight is 241 g/mol. The number of hydrogen-bond donors (Lipinski definition) is 2. The summed E-state index contributed by atoms with van der Waals surface area (Å²) in [6.07, 6.45) is 1.18. The van der Waals surface area contributed by atoms with Crippen LogP contribution in [0.4, 0.5) is 0 Å². The Labute approximate surface area is 108 Å². The minimum absolute atomic E-state index is 0.544. The van der Waals surface area contributed by atoms with E-state index in [1.807, 2.05) is 0 Å². The first kappa shape index (κ1) is 11.5. The molecule has 1 aliphatic rings. The summed E-state index contributed by atoms with van der Waals surface area (Å²) in [5.74, 6) is 1.68. The number of H-pyrrole nitrogens is 1. The Morgan fingerprint density at radius 2 is 2.17 bits per heavy atom. The van der Waals surface area contributed by atoms with Gasteiger partial charge in [0.15, 0.2) is 0 Å². The van der Waals surface area contributed by atoms with Gasteiger partial charge in [0.1, 0.15) is 5.82 Å². The maximum absolute atomic E-state index is 4.81. The Morgan fingerprint density at radius 1 is 1.28 bits per heavy atom. The highest BCUT2D eigenvalue weighted by Gasteiger charge is 2.21. The van der Waals surface area contributed by atoms with Gasteiger partial charge in [-0.3, -0.25) is 0 Å². The van der Waals surface area contributed by atoms with Crippen LogP contribution in [0.3, 0.4) is 0 Å². The predicted molar refractivity (Wildman–Crippen MR) is 73.7 cm³/mol. The van der Waals surface area contributed by atoms with Gasteiger partial charge < -0.3 is 10.3 Å². The molecular formula is C15H19N3. The summed E-state index contributed by atoms with van der Waals surface area (Å²) >= 11 is 0. The summed E-state index contributed by atoms with van der Waals surface area (Å²) in [4.78, 5) is 8.26. The summed E-state index contributed by atoms with van der Waals surface area (Å²) in [7, 11) is 0. The second-order valence-corrected chi connectivity index (χ2v) is 5.15. The van der Waals surface area contributed by atoms with Crippen molar-refractivity contribution in [3.05, 3.63) is 41.3 Å². The first-order chi connectivity index (χ1) is 8.74. The van der Waals surface area contributed by atoms with Gasteiger partial charge in [-0.05, 0) is 32.9 Å². The van der Waals surface area contributed by atoms with Crippen molar-refractivity contribution in [1.29, 1.82) is 0 Å². The monoisotopic (exact) mass is 241 g/mol. The van der Waals surface area contributed by atoms with Gasteiger partial charge in [-0.1, -0.05) is 23.8 Å². The van der Waals surface area contributed by atoms with Crippen molar-refractivity contribution < 1.29 is 0 Å². The Hall–Kier alpha value is -1.61. The molecule has 1 aromatic heterocycles. The highest BCUT2D eigenvalue weighted by atomic mass is 15.0. The molecule has 0 aliphatic carbocycles. The van der Waals surface area contributed by atoms with Crippen LogP contribution in [0.5, 0.6) is 0 Å². The van der Waals surface area contributed by atoms with Crippen LogP contribution in [-0.4, -0.2) is 23.1 Å². The van der Waals surface area contributed by atoms with E-state index < -0.39 is 0 Å². The molecule has 0 spiro atoms. The van der Waals surface area contributed by atoms with Gasteiger partial charge in [0, 0.05) is 23.7 Å². The lowest BCUT2D eigenvalue weighted by atomic mass is 10.1. The molecule has 1 atom stereocenters. The zero-order valence-electron chi connectivity index (χ0n) is 11.0. The lowest BCUT2D eigenvalue weighted by molar-refractivity contribution is 0.713. The van der Waals surface area contributed by atoms with Gasteiger partial charge in [0.2, 0.25) is 0 Å². The van der Waals surface area contributed by atoms with Crippen LogP contribution in [0, 0.1) is 13.8 Å². The van der Waals surface area contributed by atoms with Gasteiger partial charge in [-0.25, -0.2) is 4.98 Å². The Bertz CT molecular complexity index is 551. The van der Waals surface area contributed by atoms with Gasteiger partial charge in [0.25, 0.3) is 0 Å². The van der Waals surface area contributed by atoms with Crippen LogP contribution in [-0.2, 0) is 0 Å². The van der Waals surface area contributed by atoms with E-state index in [9.17, 15) is 0 Å². The van der Waals surface area contributed by atoms with Gasteiger partial charge in [-0.2, -0.15) is 0 Å². The van der Waals surface area contributed by atoms with Crippen molar-refractivity contribution in [1.82, 2.24) is 15.3 Å². The number of aromatic nitrogens is 2. The van der Waals surface area contributed by atoms with Crippen LogP contribution >= 0.6 is 0 Å². The van der Waals surface area contributed by atoms with Crippen molar-refractivity contribution in [2.75, 3.05) is 13.1 Å². The third-order valence-electron chi connectivity index (χ3n) is 3.64. The summed E-state index contributed by atoms with van der Waals surface area (Å²) < 4.78 is 0. The molecule has 3 nitrogen and oxygen atoms in total. The number of aryl methyl sites for hydroxylation is 2. The highest BCUT2D eigenvalue weighted by Crippen LogP contribution is 2.26. The van der Waals surface area contributed by atoms with E-state index in [1.54, 1.807) is 0 Å². The molecule has 0 amide bonds. The van der Waals surface area contributed by atoms with E-state index in [0.29, 0.717) is 5.92 Å². The lowest BCUT2D eigenvalue weighted by Crippen LogP contribution is -2.08. The Balaban J connectivity index is 1.97. The lowest BCUT2D eigenvalue weighted by Gasteiger charge is -2.02. The number of aromatic amines is 1. The summed E-state index contributed by atoms with van der Waals surface area (Å²) in [6.45, 7) is 6.37. The Morgan fingerprint density at radius 3 is 2.89 bits per heavy atom. The number of hydrogen-bond acceptors (Lipinski definition) is 2. The molecule has 94 valence electrons. The molecule has 3 heteroatoms. The fourth-order valence-corrected chi connectivity index (χ4v) is 2.64. The first-order valence-corrected chi connectivity index (χ1v) is 6.58. The normalized spacial score (nSPS) is 19.3. The molecule has 2 aromatic rings. The molecule has 1 saturated heterocycles. The second kappa shape index (κ2) is 4.58. The highest BCUT2D eigenvalue weighted by molar-refractivity contribution is 5.62. The molecule has 0 saturated carbocycles. The van der Waals surface area contributed by atoms with Crippen molar-refractivity contribution in [2.24, 2.45) is 0 Å². The van der Waals surface area contributed by atoms with Crippen LogP contribution in [0.2, 0.25) is 0 Å². The molecule has 2 heterocycles. The second-order valence-electron chi connectivity index (χ2n) is 5.15. The molecule has 1 aliphatic heterocycles. The molecule has 1 unspecified atom stereocenters. The molecular weight excluding hydrogens is 222 g/mol. The maximum Gasteiger partial charge on any atom is 0.111 e. The number of nitrogens with zero attached hydrogens (tertiary/aromatic N) is 1. The summed E-state index contributed by atoms with van der Waals surface area (Å²) in [6, 6.07) is 8.54. The van der Waals surface area contributed by atoms with Crippen LogP contribution in [0.15, 0.2) is 24.3 Å². The van der Waals surface area contributed by atoms with Crippen molar-refractivity contribution in [3.8, 4) is 11.3 Å². The Kier molecular flexibility index (Phi) is 2.92. The fourth-order valence-electron chi connectivity index (χ4n) is 2.64. The van der Waals surface area contributed by atoms with Crippen LogP contribution in [0.25, 0.3) is 11.3 Å². The molecule has 18 heavy (non-hydrogen) atoms. The van der Waals surface area contributed by atoms with Crippen LogP contribution < -0.4 is 5.32 Å². The largest absolute Gasteiger partial charge is 0.345 e. The first-order valence-electron chi connectivity index (χ1n) is 6.58. The molecule has 3 rings (SSSR count). The molecule has 0 bridgehead atoms. The van der Waals surface area contributed by atoms with E-state index in [-0.39, 0.29) is 0 Å². The number of nitrogens with one attached hydrogen (secondary N) is 2. The number of imidazole rings is 1. The molecule has 1 fully saturated rings. The SMILES string of the molecule is Cc1cccc(-c2nc(C3CCNC3)[nH]c2C)c1. The van der Waals surface area contributed by atoms with E-state index in [1.165, 1.54) is 23.2 Å². The van der Waals surface area contributed by atoms with Crippen LogP contribution in [0.1, 0.15) is 29.4 Å². The summed E-state index contributed by atoms with van der Waals surface area (Å²) in [5, 5.41) is 3.39. The van der Waals surface area contributed by atoms with E-state index >= 15 is 0 Å². The molecule has 1 aromatic carbocycles. The third-order valence-corrected chi connectivity index (χ3v) is 3.64. The zero-order valence-corrected chi connectivity index (χ0v) is 11.0. The standard InChI is InChI=1S/C15H19N3/c1-10-4-3-5-12(8-10)14-11(2)17-15(18-14)13-6-7-16-9-13/h3-5,8,13,16H,6-7,9H2,1-2H3,(H,17,18).